The maximum Gasteiger partial charge on any atom is 0.111 e. The molecule has 3 aliphatic rings. The van der Waals surface area contributed by atoms with Crippen molar-refractivity contribution in [3.8, 4) is 0 Å². The van der Waals surface area contributed by atoms with Gasteiger partial charge in [-0.15, -0.1) is 0 Å². The van der Waals surface area contributed by atoms with Crippen LogP contribution in [-0.2, 0) is 24.2 Å². The maximum absolute atomic E-state index is 5.46. The highest BCUT2D eigenvalue weighted by molar-refractivity contribution is 5.77. The van der Waals surface area contributed by atoms with Gasteiger partial charge in [0.25, 0.3) is 0 Å². The Morgan fingerprint density at radius 3 is 2.88 bits per heavy atom. The van der Waals surface area contributed by atoms with E-state index in [2.05, 4.69) is 32.6 Å². The molecule has 134 valence electrons. The predicted molar refractivity (Wildman–Crippen MR) is 98.7 cm³/mol. The van der Waals surface area contributed by atoms with Crippen molar-refractivity contribution < 1.29 is 4.74 Å². The van der Waals surface area contributed by atoms with E-state index in [-0.39, 0.29) is 0 Å². The summed E-state index contributed by atoms with van der Waals surface area (Å²) in [7, 11) is 0. The smallest absolute Gasteiger partial charge is 0.111 e. The van der Waals surface area contributed by atoms with Crippen molar-refractivity contribution in [2.45, 2.75) is 44.8 Å². The lowest BCUT2D eigenvalue weighted by Gasteiger charge is -2.33. The van der Waals surface area contributed by atoms with Crippen LogP contribution < -0.4 is 0 Å². The van der Waals surface area contributed by atoms with Crippen molar-refractivity contribution in [1.29, 1.82) is 0 Å². The Hall–Kier alpha value is -1.43. The molecule has 4 heterocycles. The number of benzene rings is 1. The molecule has 5 nitrogen and oxygen atoms in total. The van der Waals surface area contributed by atoms with Crippen molar-refractivity contribution in [2.24, 2.45) is 0 Å². The van der Waals surface area contributed by atoms with E-state index >= 15 is 0 Å². The molecule has 0 aliphatic carbocycles. The molecule has 2 saturated heterocycles. The number of ether oxygens (including phenoxy) is 1. The maximum atomic E-state index is 5.46. The van der Waals surface area contributed by atoms with Crippen molar-refractivity contribution in [2.75, 3.05) is 39.4 Å². The van der Waals surface area contributed by atoms with Crippen LogP contribution in [0.4, 0.5) is 0 Å². The Morgan fingerprint density at radius 2 is 1.96 bits per heavy atom. The average molecular weight is 340 g/mol. The van der Waals surface area contributed by atoms with Crippen molar-refractivity contribution in [3.05, 3.63) is 29.6 Å². The first-order valence-electron chi connectivity index (χ1n) is 9.89. The summed E-state index contributed by atoms with van der Waals surface area (Å²) in [5, 5.41) is 0. The Labute approximate surface area is 149 Å². The molecule has 0 bridgehead atoms. The number of rotatable bonds is 2. The first-order valence-corrected chi connectivity index (χ1v) is 9.89. The number of piperidine rings is 1. The standard InChI is InChI=1S/C20H28N4O/c1-2-6-23-7-8-24-19-5-4-16(15-22-9-11-25-12-10-22)13-18(19)21-20(24)14-17(23)3-1/h4-5,13,17H,1-3,6-12,14-15H2/t17-/m1/s1. The minimum atomic E-state index is 0.708. The molecule has 1 aromatic heterocycles. The molecule has 1 aromatic carbocycles. The average Bonchev–Trinajstić information content (AvgIpc) is 2.87. The molecule has 5 rings (SSSR count). The molecule has 5 heteroatoms. The van der Waals surface area contributed by atoms with Crippen LogP contribution in [0.15, 0.2) is 18.2 Å². The minimum absolute atomic E-state index is 0.708. The molecular weight excluding hydrogens is 312 g/mol. The number of hydrogen-bond donors (Lipinski definition) is 0. The summed E-state index contributed by atoms with van der Waals surface area (Å²) in [4.78, 5) is 10.2. The van der Waals surface area contributed by atoms with Crippen molar-refractivity contribution in [3.63, 3.8) is 0 Å². The molecule has 0 radical (unpaired) electrons. The highest BCUT2D eigenvalue weighted by atomic mass is 16.5. The third-order valence-electron chi connectivity index (χ3n) is 6.18. The Bertz CT molecular complexity index is 749. The first-order chi connectivity index (χ1) is 12.4. The molecule has 0 unspecified atom stereocenters. The third-order valence-corrected chi connectivity index (χ3v) is 6.18. The fourth-order valence-electron chi connectivity index (χ4n) is 4.77. The summed E-state index contributed by atoms with van der Waals surface area (Å²) in [5.41, 5.74) is 3.88. The van der Waals surface area contributed by atoms with Crippen LogP contribution >= 0.6 is 0 Å². The molecule has 1 atom stereocenters. The molecule has 2 fully saturated rings. The Morgan fingerprint density at radius 1 is 1.04 bits per heavy atom. The summed E-state index contributed by atoms with van der Waals surface area (Å²) >= 11 is 0. The van der Waals surface area contributed by atoms with Crippen molar-refractivity contribution >= 4 is 11.0 Å². The number of nitrogens with zero attached hydrogens (tertiary/aromatic N) is 4. The van der Waals surface area contributed by atoms with Gasteiger partial charge in [-0.1, -0.05) is 12.5 Å². The van der Waals surface area contributed by atoms with E-state index in [0.717, 1.165) is 45.8 Å². The van der Waals surface area contributed by atoms with Gasteiger partial charge in [-0.3, -0.25) is 9.80 Å². The van der Waals surface area contributed by atoms with Crippen LogP contribution in [0.1, 0.15) is 30.7 Å². The topological polar surface area (TPSA) is 33.5 Å². The molecule has 2 aromatic rings. The largest absolute Gasteiger partial charge is 0.379 e. The van der Waals surface area contributed by atoms with E-state index in [4.69, 9.17) is 9.72 Å². The van der Waals surface area contributed by atoms with E-state index in [9.17, 15) is 0 Å². The summed E-state index contributed by atoms with van der Waals surface area (Å²) in [6, 6.07) is 7.61. The molecule has 25 heavy (non-hydrogen) atoms. The number of morpholine rings is 1. The molecule has 0 spiro atoms. The summed E-state index contributed by atoms with van der Waals surface area (Å²) in [6.45, 7) is 8.35. The van der Waals surface area contributed by atoms with Crippen molar-refractivity contribution in [1.82, 2.24) is 19.4 Å². The van der Waals surface area contributed by atoms with Crippen LogP contribution in [-0.4, -0.2) is 64.8 Å². The highest BCUT2D eigenvalue weighted by Crippen LogP contribution is 2.27. The third kappa shape index (κ3) is 3.09. The van der Waals surface area contributed by atoms with Crippen LogP contribution in [0.25, 0.3) is 11.0 Å². The number of fused-ring (bicyclic) bond motifs is 4. The lowest BCUT2D eigenvalue weighted by Crippen LogP contribution is -2.40. The molecular formula is C20H28N4O. The number of aromatic nitrogens is 2. The lowest BCUT2D eigenvalue weighted by atomic mass is 10.00. The van der Waals surface area contributed by atoms with Gasteiger partial charge in [0.1, 0.15) is 5.82 Å². The summed E-state index contributed by atoms with van der Waals surface area (Å²) < 4.78 is 7.93. The van der Waals surface area contributed by atoms with Crippen LogP contribution in [0.5, 0.6) is 0 Å². The van der Waals surface area contributed by atoms with Gasteiger partial charge in [-0.2, -0.15) is 0 Å². The predicted octanol–water partition coefficient (Wildman–Crippen LogP) is 2.28. The SMILES string of the molecule is c1cc2c(cc1CN1CCOCC1)nc1n2CCN2CCCC[C@@H]2C1. The quantitative estimate of drug-likeness (QED) is 0.840. The second kappa shape index (κ2) is 6.71. The van der Waals surface area contributed by atoms with E-state index < -0.39 is 0 Å². The van der Waals surface area contributed by atoms with E-state index in [1.165, 1.54) is 54.8 Å². The van der Waals surface area contributed by atoms with Crippen LogP contribution in [0.3, 0.4) is 0 Å². The zero-order valence-electron chi connectivity index (χ0n) is 15.0. The van der Waals surface area contributed by atoms with Gasteiger partial charge in [-0.05, 0) is 37.1 Å². The minimum Gasteiger partial charge on any atom is -0.379 e. The van der Waals surface area contributed by atoms with Gasteiger partial charge in [0.05, 0.1) is 24.2 Å². The zero-order chi connectivity index (χ0) is 16.6. The van der Waals surface area contributed by atoms with Gasteiger partial charge in [0, 0.05) is 45.2 Å². The molecule has 3 aliphatic heterocycles. The van der Waals surface area contributed by atoms with Gasteiger partial charge in [-0.25, -0.2) is 4.98 Å². The first kappa shape index (κ1) is 15.8. The van der Waals surface area contributed by atoms with Gasteiger partial charge < -0.3 is 9.30 Å². The Kier molecular flexibility index (Phi) is 4.24. The Balaban J connectivity index is 1.40. The highest BCUT2D eigenvalue weighted by Gasteiger charge is 2.28. The van der Waals surface area contributed by atoms with E-state index in [1.807, 2.05) is 0 Å². The van der Waals surface area contributed by atoms with E-state index in [0.29, 0.717) is 6.04 Å². The molecule has 0 N–H and O–H groups in total. The van der Waals surface area contributed by atoms with Gasteiger partial charge in [0.15, 0.2) is 0 Å². The van der Waals surface area contributed by atoms with E-state index in [1.54, 1.807) is 0 Å². The molecule has 0 amide bonds. The van der Waals surface area contributed by atoms with Gasteiger partial charge >= 0.3 is 0 Å². The molecule has 0 saturated carbocycles. The van der Waals surface area contributed by atoms with Crippen LogP contribution in [0.2, 0.25) is 0 Å². The second-order valence-corrected chi connectivity index (χ2v) is 7.78. The number of hydrogen-bond acceptors (Lipinski definition) is 4. The van der Waals surface area contributed by atoms with Gasteiger partial charge in [0.2, 0.25) is 0 Å². The second-order valence-electron chi connectivity index (χ2n) is 7.78. The number of imidazole rings is 1. The monoisotopic (exact) mass is 340 g/mol. The fourth-order valence-corrected chi connectivity index (χ4v) is 4.77. The normalized spacial score (nSPS) is 25.5. The zero-order valence-corrected chi connectivity index (χ0v) is 15.0. The van der Waals surface area contributed by atoms with Crippen LogP contribution in [0, 0.1) is 0 Å². The lowest BCUT2D eigenvalue weighted by molar-refractivity contribution is 0.0342. The summed E-state index contributed by atoms with van der Waals surface area (Å²) in [5.74, 6) is 1.30. The summed E-state index contributed by atoms with van der Waals surface area (Å²) in [6.07, 6.45) is 5.20. The fraction of sp³-hybridized carbons (Fsp3) is 0.650.